The third kappa shape index (κ3) is 5.18. The van der Waals surface area contributed by atoms with E-state index < -0.39 is 11.8 Å². The molecule has 0 fully saturated rings. The fourth-order valence-electron chi connectivity index (χ4n) is 2.68. The highest BCUT2D eigenvalue weighted by molar-refractivity contribution is 6.37. The van der Waals surface area contributed by atoms with Crippen molar-refractivity contribution in [2.24, 2.45) is 11.7 Å². The smallest absolute Gasteiger partial charge is 0.266 e. The molecular formula is C19H18Cl2N4O4. The molecule has 29 heavy (non-hydrogen) atoms. The van der Waals surface area contributed by atoms with Gasteiger partial charge in [-0.15, -0.1) is 0 Å². The Kier molecular flexibility index (Phi) is 7.86. The number of carbonyl (C=O) groups excluding carboxylic acids is 4. The summed E-state index contributed by atoms with van der Waals surface area (Å²) in [4.78, 5) is 48.2. The SMILES string of the molecule is NNC(=O)c1cccc(C(=O)CCCC(=O)c2cccc(C(=O)NN)c2Cl)c1Cl. The average Bonchev–Trinajstić information content (AvgIpc) is 2.72. The Labute approximate surface area is 176 Å². The lowest BCUT2D eigenvalue weighted by molar-refractivity contribution is 0.0945. The number of ketones is 2. The van der Waals surface area contributed by atoms with Crippen molar-refractivity contribution in [1.29, 1.82) is 0 Å². The number of nitrogens with one attached hydrogen (secondary N) is 2. The predicted octanol–water partition coefficient (Wildman–Crippen LogP) is 2.44. The maximum Gasteiger partial charge on any atom is 0.266 e. The van der Waals surface area contributed by atoms with Crippen LogP contribution in [-0.4, -0.2) is 23.4 Å². The minimum atomic E-state index is -0.615. The minimum absolute atomic E-state index is 0.00433. The van der Waals surface area contributed by atoms with Crippen LogP contribution in [0.1, 0.15) is 60.7 Å². The number of hydrogen-bond acceptors (Lipinski definition) is 6. The first-order chi connectivity index (χ1) is 13.8. The molecule has 0 saturated heterocycles. The molecule has 0 aromatic heterocycles. The van der Waals surface area contributed by atoms with Gasteiger partial charge in [0.05, 0.1) is 21.2 Å². The number of nitrogens with two attached hydrogens (primary N) is 2. The van der Waals surface area contributed by atoms with Gasteiger partial charge in [0, 0.05) is 24.0 Å². The van der Waals surface area contributed by atoms with Crippen molar-refractivity contribution in [3.05, 3.63) is 68.7 Å². The number of hydrogen-bond donors (Lipinski definition) is 4. The maximum atomic E-state index is 12.4. The van der Waals surface area contributed by atoms with Crippen LogP contribution in [0.15, 0.2) is 36.4 Å². The van der Waals surface area contributed by atoms with Gasteiger partial charge in [-0.3, -0.25) is 30.0 Å². The molecule has 0 unspecified atom stereocenters. The number of amides is 2. The third-order valence-corrected chi connectivity index (χ3v) is 4.97. The number of carbonyl (C=O) groups is 4. The Balaban J connectivity index is 2.06. The summed E-state index contributed by atoms with van der Waals surface area (Å²) in [5.74, 6) is 8.32. The number of Topliss-reactive ketones (excluding diaryl/α,β-unsaturated/α-hetero) is 2. The fourth-order valence-corrected chi connectivity index (χ4v) is 3.31. The summed E-state index contributed by atoms with van der Waals surface area (Å²) >= 11 is 12.3. The van der Waals surface area contributed by atoms with E-state index in [1.165, 1.54) is 36.4 Å². The van der Waals surface area contributed by atoms with Crippen molar-refractivity contribution in [1.82, 2.24) is 10.9 Å². The average molecular weight is 437 g/mol. The van der Waals surface area contributed by atoms with Gasteiger partial charge in [-0.25, -0.2) is 11.7 Å². The van der Waals surface area contributed by atoms with Gasteiger partial charge in [0.25, 0.3) is 11.8 Å². The van der Waals surface area contributed by atoms with Gasteiger partial charge < -0.3 is 0 Å². The Morgan fingerprint density at radius 2 is 1.03 bits per heavy atom. The molecule has 2 aromatic rings. The van der Waals surface area contributed by atoms with Gasteiger partial charge >= 0.3 is 0 Å². The lowest BCUT2D eigenvalue weighted by atomic mass is 9.99. The van der Waals surface area contributed by atoms with Crippen LogP contribution in [0.5, 0.6) is 0 Å². The standard InChI is InChI=1S/C19H18Cl2N4O4/c20-16-10(4-1-6-12(16)18(28)24-22)14(26)8-3-9-15(27)11-5-2-7-13(17(11)21)19(29)25-23/h1-2,4-7H,3,8-9,22-23H2,(H,24,28)(H,25,29). The molecule has 0 radical (unpaired) electrons. The van der Waals surface area contributed by atoms with E-state index in [9.17, 15) is 19.2 Å². The molecule has 8 nitrogen and oxygen atoms in total. The van der Waals surface area contributed by atoms with Gasteiger partial charge in [0.2, 0.25) is 0 Å². The fraction of sp³-hybridized carbons (Fsp3) is 0.158. The van der Waals surface area contributed by atoms with Crippen molar-refractivity contribution in [3.63, 3.8) is 0 Å². The molecule has 0 heterocycles. The molecule has 0 bridgehead atoms. The topological polar surface area (TPSA) is 144 Å². The van der Waals surface area contributed by atoms with Gasteiger partial charge in [-0.1, -0.05) is 35.3 Å². The van der Waals surface area contributed by atoms with E-state index in [0.29, 0.717) is 0 Å². The molecule has 0 spiro atoms. The molecule has 0 aliphatic rings. The molecule has 0 aliphatic carbocycles. The summed E-state index contributed by atoms with van der Waals surface area (Å²) in [7, 11) is 0. The third-order valence-electron chi connectivity index (χ3n) is 4.16. The molecule has 2 rings (SSSR count). The van der Waals surface area contributed by atoms with Crippen LogP contribution in [0, 0.1) is 0 Å². The summed E-state index contributed by atoms with van der Waals surface area (Å²) < 4.78 is 0. The summed E-state index contributed by atoms with van der Waals surface area (Å²) in [6, 6.07) is 8.90. The van der Waals surface area contributed by atoms with Gasteiger partial charge in [-0.2, -0.15) is 0 Å². The van der Waals surface area contributed by atoms with E-state index in [4.69, 9.17) is 34.9 Å². The Hall–Kier alpha value is -2.78. The Bertz CT molecular complexity index is 901. The number of halogens is 2. The molecule has 2 amide bonds. The van der Waals surface area contributed by atoms with Crippen LogP contribution in [-0.2, 0) is 0 Å². The molecule has 0 atom stereocenters. The summed E-state index contributed by atoms with van der Waals surface area (Å²) in [6.07, 6.45) is 0.282. The second kappa shape index (κ2) is 10.1. The van der Waals surface area contributed by atoms with Crippen LogP contribution < -0.4 is 22.5 Å². The van der Waals surface area contributed by atoms with Crippen LogP contribution in [0.25, 0.3) is 0 Å². The van der Waals surface area contributed by atoms with Gasteiger partial charge in [0.15, 0.2) is 11.6 Å². The minimum Gasteiger partial charge on any atom is -0.294 e. The number of nitrogen functional groups attached to an aromatic ring is 2. The van der Waals surface area contributed by atoms with E-state index in [-0.39, 0.29) is 63.1 Å². The Morgan fingerprint density at radius 1 is 0.690 bits per heavy atom. The first-order valence-electron chi connectivity index (χ1n) is 8.47. The van der Waals surface area contributed by atoms with Crippen LogP contribution in [0.3, 0.4) is 0 Å². The zero-order chi connectivity index (χ0) is 21.6. The van der Waals surface area contributed by atoms with Crippen molar-refractivity contribution < 1.29 is 19.2 Å². The second-order valence-electron chi connectivity index (χ2n) is 5.98. The highest BCUT2D eigenvalue weighted by Crippen LogP contribution is 2.25. The van der Waals surface area contributed by atoms with E-state index >= 15 is 0 Å². The van der Waals surface area contributed by atoms with E-state index in [0.717, 1.165) is 0 Å². The van der Waals surface area contributed by atoms with Crippen molar-refractivity contribution in [2.45, 2.75) is 19.3 Å². The highest BCUT2D eigenvalue weighted by atomic mass is 35.5. The second-order valence-corrected chi connectivity index (χ2v) is 6.74. The molecular weight excluding hydrogens is 419 g/mol. The van der Waals surface area contributed by atoms with Crippen molar-refractivity contribution >= 4 is 46.6 Å². The molecule has 10 heteroatoms. The van der Waals surface area contributed by atoms with E-state index in [1.54, 1.807) is 0 Å². The zero-order valence-corrected chi connectivity index (χ0v) is 16.6. The molecule has 152 valence electrons. The lowest BCUT2D eigenvalue weighted by Crippen LogP contribution is -2.30. The van der Waals surface area contributed by atoms with Crippen molar-refractivity contribution in [2.75, 3.05) is 0 Å². The Morgan fingerprint density at radius 3 is 1.38 bits per heavy atom. The normalized spacial score (nSPS) is 10.3. The summed E-state index contributed by atoms with van der Waals surface area (Å²) in [6.45, 7) is 0. The zero-order valence-electron chi connectivity index (χ0n) is 15.1. The molecule has 6 N–H and O–H groups in total. The van der Waals surface area contributed by atoms with E-state index in [2.05, 4.69) is 0 Å². The summed E-state index contributed by atoms with van der Waals surface area (Å²) in [5, 5.41) is -0.00867. The molecule has 0 saturated carbocycles. The predicted molar refractivity (Wildman–Crippen MR) is 109 cm³/mol. The van der Waals surface area contributed by atoms with Gasteiger partial charge in [0.1, 0.15) is 0 Å². The van der Waals surface area contributed by atoms with Crippen LogP contribution in [0.4, 0.5) is 0 Å². The largest absolute Gasteiger partial charge is 0.294 e. The van der Waals surface area contributed by atoms with Crippen LogP contribution >= 0.6 is 23.2 Å². The highest BCUT2D eigenvalue weighted by Gasteiger charge is 2.19. The molecule has 0 aliphatic heterocycles. The van der Waals surface area contributed by atoms with Crippen LogP contribution in [0.2, 0.25) is 10.0 Å². The number of benzene rings is 2. The number of hydrazine groups is 2. The maximum absolute atomic E-state index is 12.4. The van der Waals surface area contributed by atoms with Gasteiger partial charge in [-0.05, 0) is 30.7 Å². The van der Waals surface area contributed by atoms with E-state index in [1.807, 2.05) is 10.9 Å². The van der Waals surface area contributed by atoms with Crippen molar-refractivity contribution in [3.8, 4) is 0 Å². The summed E-state index contributed by atoms with van der Waals surface area (Å²) in [5.41, 5.74) is 4.41. The quantitative estimate of drug-likeness (QED) is 0.216. The number of rotatable bonds is 8. The monoisotopic (exact) mass is 436 g/mol. The molecule has 2 aromatic carbocycles. The first kappa shape index (κ1) is 22.5. The lowest BCUT2D eigenvalue weighted by Gasteiger charge is -2.09. The first-order valence-corrected chi connectivity index (χ1v) is 9.22.